The number of para-hydroxylation sites is 2. The van der Waals surface area contributed by atoms with Gasteiger partial charge in [-0.05, 0) is 38.0 Å². The monoisotopic (exact) mass is 300 g/mol. The number of piperidine rings is 1. The molecule has 2 heterocycles. The smallest absolute Gasteiger partial charge is 0.291 e. The molecule has 1 aromatic heterocycles. The molecule has 5 nitrogen and oxygen atoms in total. The van der Waals surface area contributed by atoms with Crippen molar-refractivity contribution < 1.29 is 14.3 Å². The van der Waals surface area contributed by atoms with Crippen molar-refractivity contribution in [2.45, 2.75) is 25.9 Å². The fraction of sp³-hybridized carbons (Fsp3) is 0.353. The fourth-order valence-corrected chi connectivity index (χ4v) is 2.75. The van der Waals surface area contributed by atoms with E-state index >= 15 is 0 Å². The highest BCUT2D eigenvalue weighted by molar-refractivity contribution is 6.05. The van der Waals surface area contributed by atoms with E-state index in [1.54, 1.807) is 6.07 Å². The fourth-order valence-electron chi connectivity index (χ4n) is 2.75. The lowest BCUT2D eigenvalue weighted by molar-refractivity contribution is 0.0995. The number of anilines is 2. The number of carbonyl (C=O) groups excluding carboxylic acids is 1. The lowest BCUT2D eigenvalue weighted by Crippen LogP contribution is -2.36. The van der Waals surface area contributed by atoms with Crippen LogP contribution >= 0.6 is 0 Å². The largest absolute Gasteiger partial charge is 0.459 e. The van der Waals surface area contributed by atoms with Crippen molar-refractivity contribution in [2.24, 2.45) is 0 Å². The maximum Gasteiger partial charge on any atom is 0.291 e. The van der Waals surface area contributed by atoms with Gasteiger partial charge in [0.05, 0.1) is 23.7 Å². The van der Waals surface area contributed by atoms with Crippen LogP contribution in [0.25, 0.3) is 0 Å². The number of aliphatic hydroxyl groups excluding tert-OH is 1. The SMILES string of the molecule is Cc1ccoc1C(=O)Nc1ccccc1N1CCC(O)CC1. The maximum absolute atomic E-state index is 12.3. The van der Waals surface area contributed by atoms with Crippen LogP contribution < -0.4 is 10.2 Å². The Morgan fingerprint density at radius 3 is 2.68 bits per heavy atom. The molecule has 22 heavy (non-hydrogen) atoms. The van der Waals surface area contributed by atoms with Gasteiger partial charge in [0.15, 0.2) is 5.76 Å². The lowest BCUT2D eigenvalue weighted by atomic mass is 10.1. The lowest BCUT2D eigenvalue weighted by Gasteiger charge is -2.32. The van der Waals surface area contributed by atoms with Gasteiger partial charge in [0.1, 0.15) is 0 Å². The minimum atomic E-state index is -0.244. The van der Waals surface area contributed by atoms with Crippen LogP contribution in [0.15, 0.2) is 41.0 Å². The number of furan rings is 1. The third-order valence-corrected chi connectivity index (χ3v) is 4.03. The molecule has 116 valence electrons. The molecule has 1 aliphatic heterocycles. The second kappa shape index (κ2) is 6.23. The van der Waals surface area contributed by atoms with Crippen molar-refractivity contribution in [3.05, 3.63) is 47.9 Å². The molecule has 3 rings (SSSR count). The van der Waals surface area contributed by atoms with Crippen molar-refractivity contribution in [1.29, 1.82) is 0 Å². The van der Waals surface area contributed by atoms with Gasteiger partial charge in [0.25, 0.3) is 5.91 Å². The number of hydrogen-bond acceptors (Lipinski definition) is 4. The van der Waals surface area contributed by atoms with Crippen LogP contribution in [0.4, 0.5) is 11.4 Å². The molecule has 0 unspecified atom stereocenters. The predicted octanol–water partition coefficient (Wildman–Crippen LogP) is 2.80. The van der Waals surface area contributed by atoms with Gasteiger partial charge >= 0.3 is 0 Å². The van der Waals surface area contributed by atoms with Crippen molar-refractivity contribution in [1.82, 2.24) is 0 Å². The molecular formula is C17H20N2O3. The van der Waals surface area contributed by atoms with Gasteiger partial charge in [0, 0.05) is 18.7 Å². The average Bonchev–Trinajstić information content (AvgIpc) is 2.95. The topological polar surface area (TPSA) is 65.7 Å². The summed E-state index contributed by atoms with van der Waals surface area (Å²) in [6.45, 7) is 3.41. The number of nitrogens with one attached hydrogen (secondary N) is 1. The number of nitrogens with zero attached hydrogens (tertiary/aromatic N) is 1. The zero-order valence-electron chi connectivity index (χ0n) is 12.6. The molecule has 2 N–H and O–H groups in total. The summed E-state index contributed by atoms with van der Waals surface area (Å²) in [7, 11) is 0. The second-order valence-electron chi connectivity index (χ2n) is 5.62. The second-order valence-corrected chi connectivity index (χ2v) is 5.62. The molecule has 0 atom stereocenters. The molecular weight excluding hydrogens is 280 g/mol. The van der Waals surface area contributed by atoms with Crippen molar-refractivity contribution in [2.75, 3.05) is 23.3 Å². The Morgan fingerprint density at radius 1 is 1.27 bits per heavy atom. The van der Waals surface area contributed by atoms with Crippen LogP contribution in [-0.2, 0) is 0 Å². The molecule has 1 aromatic carbocycles. The van der Waals surface area contributed by atoms with Gasteiger partial charge in [-0.3, -0.25) is 4.79 Å². The molecule has 1 fully saturated rings. The first kappa shape index (κ1) is 14.7. The molecule has 5 heteroatoms. The number of amides is 1. The third-order valence-electron chi connectivity index (χ3n) is 4.03. The van der Waals surface area contributed by atoms with Crippen LogP contribution in [0.3, 0.4) is 0 Å². The van der Waals surface area contributed by atoms with E-state index in [-0.39, 0.29) is 12.0 Å². The molecule has 1 amide bonds. The Hall–Kier alpha value is -2.27. The molecule has 2 aromatic rings. The summed E-state index contributed by atoms with van der Waals surface area (Å²) in [5.74, 6) is 0.0934. The summed E-state index contributed by atoms with van der Waals surface area (Å²) < 4.78 is 5.24. The highest BCUT2D eigenvalue weighted by Crippen LogP contribution is 2.29. The van der Waals surface area contributed by atoms with Gasteiger partial charge in [-0.2, -0.15) is 0 Å². The first-order chi connectivity index (χ1) is 10.6. The quantitative estimate of drug-likeness (QED) is 0.915. The summed E-state index contributed by atoms with van der Waals surface area (Å²) in [5.41, 5.74) is 2.56. The van der Waals surface area contributed by atoms with E-state index in [0.717, 1.165) is 42.9 Å². The van der Waals surface area contributed by atoms with Gasteiger partial charge in [-0.25, -0.2) is 0 Å². The van der Waals surface area contributed by atoms with Crippen LogP contribution in [0.2, 0.25) is 0 Å². The Bertz CT molecular complexity index is 657. The highest BCUT2D eigenvalue weighted by atomic mass is 16.3. The van der Waals surface area contributed by atoms with E-state index in [4.69, 9.17) is 4.42 Å². The van der Waals surface area contributed by atoms with Crippen LogP contribution in [0, 0.1) is 6.92 Å². The number of aliphatic hydroxyl groups is 1. The van der Waals surface area contributed by atoms with E-state index in [2.05, 4.69) is 10.2 Å². The first-order valence-corrected chi connectivity index (χ1v) is 7.52. The number of benzene rings is 1. The summed E-state index contributed by atoms with van der Waals surface area (Å²) in [6, 6.07) is 9.49. The summed E-state index contributed by atoms with van der Waals surface area (Å²) in [5, 5.41) is 12.6. The number of rotatable bonds is 3. The van der Waals surface area contributed by atoms with Crippen molar-refractivity contribution in [3.8, 4) is 0 Å². The molecule has 1 aliphatic rings. The predicted molar refractivity (Wildman–Crippen MR) is 85.3 cm³/mol. The first-order valence-electron chi connectivity index (χ1n) is 7.52. The Labute approximate surface area is 129 Å². The van der Waals surface area contributed by atoms with E-state index in [9.17, 15) is 9.90 Å². The molecule has 0 saturated carbocycles. The molecule has 1 saturated heterocycles. The van der Waals surface area contributed by atoms with Crippen LogP contribution in [0.1, 0.15) is 29.0 Å². The molecule has 0 spiro atoms. The van der Waals surface area contributed by atoms with E-state index in [1.165, 1.54) is 6.26 Å². The van der Waals surface area contributed by atoms with Crippen LogP contribution in [0.5, 0.6) is 0 Å². The maximum atomic E-state index is 12.3. The van der Waals surface area contributed by atoms with Gasteiger partial charge in [-0.1, -0.05) is 12.1 Å². The average molecular weight is 300 g/mol. The number of carbonyl (C=O) groups is 1. The van der Waals surface area contributed by atoms with Crippen molar-refractivity contribution >= 4 is 17.3 Å². The van der Waals surface area contributed by atoms with E-state index in [1.807, 2.05) is 31.2 Å². The summed E-state index contributed by atoms with van der Waals surface area (Å²) in [6.07, 6.45) is 2.80. The van der Waals surface area contributed by atoms with Gasteiger partial charge < -0.3 is 19.7 Å². The minimum absolute atomic E-state index is 0.219. The zero-order chi connectivity index (χ0) is 15.5. The summed E-state index contributed by atoms with van der Waals surface area (Å²) >= 11 is 0. The minimum Gasteiger partial charge on any atom is -0.459 e. The van der Waals surface area contributed by atoms with E-state index < -0.39 is 0 Å². The standard InChI is InChI=1S/C17H20N2O3/c1-12-8-11-22-16(12)17(21)18-14-4-2-3-5-15(14)19-9-6-13(20)7-10-19/h2-5,8,11,13,20H,6-7,9-10H2,1H3,(H,18,21). The van der Waals surface area contributed by atoms with Crippen LogP contribution in [-0.4, -0.2) is 30.2 Å². The van der Waals surface area contributed by atoms with Gasteiger partial charge in [0.2, 0.25) is 0 Å². The third kappa shape index (κ3) is 2.99. The number of aryl methyl sites for hydroxylation is 1. The summed E-state index contributed by atoms with van der Waals surface area (Å²) in [4.78, 5) is 14.5. The van der Waals surface area contributed by atoms with Gasteiger partial charge in [-0.15, -0.1) is 0 Å². The Balaban J connectivity index is 1.80. The van der Waals surface area contributed by atoms with Crippen molar-refractivity contribution in [3.63, 3.8) is 0 Å². The van der Waals surface area contributed by atoms with E-state index in [0.29, 0.717) is 5.76 Å². The Kier molecular flexibility index (Phi) is 4.15. The normalized spacial score (nSPS) is 15.8. The molecule has 0 aliphatic carbocycles. The highest BCUT2D eigenvalue weighted by Gasteiger charge is 2.21. The molecule has 0 bridgehead atoms. The zero-order valence-corrected chi connectivity index (χ0v) is 12.6. The molecule has 0 radical (unpaired) electrons. The number of hydrogen-bond donors (Lipinski definition) is 2. The Morgan fingerprint density at radius 2 is 2.00 bits per heavy atom.